The van der Waals surface area contributed by atoms with Gasteiger partial charge in [0.25, 0.3) is 0 Å². The number of nitrogens with zero attached hydrogens (tertiary/aromatic N) is 4. The van der Waals surface area contributed by atoms with Gasteiger partial charge in [0.15, 0.2) is 9.84 Å². The Kier molecular flexibility index (Phi) is 3.87. The molecule has 4 heterocycles. The Morgan fingerprint density at radius 1 is 1.25 bits per heavy atom. The molecule has 0 spiro atoms. The molecule has 2 aliphatic heterocycles. The van der Waals surface area contributed by atoms with Crippen molar-refractivity contribution in [3.63, 3.8) is 0 Å². The lowest BCUT2D eigenvalue weighted by Crippen LogP contribution is -2.14. The standard InChI is InChI=1S/C20H22N4O3S/c1-13-19(14(2)24(22-13)17-6-10-28(25,26)12-17)23-8-7-21-20(23)16-3-4-18-15(11-16)5-9-27-18/h3-4,7-8,11,17H,5-6,9-10,12H2,1-2H3. The molecule has 7 nitrogen and oxygen atoms in total. The zero-order valence-electron chi connectivity index (χ0n) is 15.9. The third-order valence-corrected chi connectivity index (χ3v) is 7.42. The van der Waals surface area contributed by atoms with E-state index >= 15 is 0 Å². The monoisotopic (exact) mass is 398 g/mol. The molecule has 146 valence electrons. The Labute approximate surface area is 163 Å². The minimum atomic E-state index is -2.97. The summed E-state index contributed by atoms with van der Waals surface area (Å²) in [5.74, 6) is 2.19. The van der Waals surface area contributed by atoms with E-state index in [1.54, 1.807) is 6.20 Å². The third kappa shape index (κ3) is 2.74. The van der Waals surface area contributed by atoms with Crippen molar-refractivity contribution in [3.8, 4) is 22.8 Å². The van der Waals surface area contributed by atoms with Crippen LogP contribution in [0.25, 0.3) is 17.1 Å². The number of imidazole rings is 1. The van der Waals surface area contributed by atoms with Crippen LogP contribution in [0.1, 0.15) is 29.4 Å². The van der Waals surface area contributed by atoms with Crippen LogP contribution in [0, 0.1) is 13.8 Å². The molecule has 1 atom stereocenters. The van der Waals surface area contributed by atoms with Gasteiger partial charge in [0, 0.05) is 24.4 Å². The van der Waals surface area contributed by atoms with E-state index in [9.17, 15) is 8.42 Å². The van der Waals surface area contributed by atoms with Crippen LogP contribution in [-0.4, -0.2) is 45.9 Å². The van der Waals surface area contributed by atoms with Gasteiger partial charge in [-0.3, -0.25) is 9.25 Å². The summed E-state index contributed by atoms with van der Waals surface area (Å²) in [6.07, 6.45) is 5.25. The summed E-state index contributed by atoms with van der Waals surface area (Å²) in [6, 6.07) is 6.08. The van der Waals surface area contributed by atoms with Gasteiger partial charge in [-0.15, -0.1) is 0 Å². The fourth-order valence-corrected chi connectivity index (χ4v) is 6.04. The maximum atomic E-state index is 11.9. The van der Waals surface area contributed by atoms with Crippen molar-refractivity contribution in [2.45, 2.75) is 32.7 Å². The predicted molar refractivity (Wildman–Crippen MR) is 106 cm³/mol. The van der Waals surface area contributed by atoms with Crippen LogP contribution < -0.4 is 4.74 Å². The lowest BCUT2D eigenvalue weighted by molar-refractivity contribution is 0.357. The van der Waals surface area contributed by atoms with Crippen LogP contribution in [0.2, 0.25) is 0 Å². The number of aryl methyl sites for hydroxylation is 1. The predicted octanol–water partition coefficient (Wildman–Crippen LogP) is 2.65. The molecule has 2 aliphatic rings. The van der Waals surface area contributed by atoms with Crippen molar-refractivity contribution in [2.75, 3.05) is 18.1 Å². The Morgan fingerprint density at radius 2 is 2.11 bits per heavy atom. The van der Waals surface area contributed by atoms with Gasteiger partial charge in [0.05, 0.1) is 41.2 Å². The summed E-state index contributed by atoms with van der Waals surface area (Å²) in [4.78, 5) is 4.59. The highest BCUT2D eigenvalue weighted by molar-refractivity contribution is 7.91. The number of hydrogen-bond donors (Lipinski definition) is 0. The van der Waals surface area contributed by atoms with E-state index in [0.29, 0.717) is 6.42 Å². The molecular weight excluding hydrogens is 376 g/mol. The molecule has 5 rings (SSSR count). The zero-order chi connectivity index (χ0) is 19.5. The van der Waals surface area contributed by atoms with Crippen molar-refractivity contribution in [2.24, 2.45) is 0 Å². The molecule has 1 saturated heterocycles. The summed E-state index contributed by atoms with van der Waals surface area (Å²) in [5, 5.41) is 4.69. The summed E-state index contributed by atoms with van der Waals surface area (Å²) in [7, 11) is -2.97. The van der Waals surface area contributed by atoms with E-state index in [0.717, 1.165) is 47.2 Å². The van der Waals surface area contributed by atoms with Gasteiger partial charge in [-0.05, 0) is 44.0 Å². The van der Waals surface area contributed by atoms with Gasteiger partial charge in [-0.2, -0.15) is 5.10 Å². The largest absolute Gasteiger partial charge is 0.493 e. The van der Waals surface area contributed by atoms with Crippen molar-refractivity contribution in [1.29, 1.82) is 0 Å². The molecular formula is C20H22N4O3S. The lowest BCUT2D eigenvalue weighted by atomic mass is 10.1. The maximum Gasteiger partial charge on any atom is 0.152 e. The first-order valence-electron chi connectivity index (χ1n) is 9.49. The fraction of sp³-hybridized carbons (Fsp3) is 0.400. The van der Waals surface area contributed by atoms with E-state index < -0.39 is 9.84 Å². The number of aromatic nitrogens is 4. The molecule has 28 heavy (non-hydrogen) atoms. The molecule has 1 aromatic carbocycles. The van der Waals surface area contributed by atoms with Gasteiger partial charge >= 0.3 is 0 Å². The molecule has 1 unspecified atom stereocenters. The first-order valence-corrected chi connectivity index (χ1v) is 11.3. The third-order valence-electron chi connectivity index (χ3n) is 5.67. The zero-order valence-corrected chi connectivity index (χ0v) is 16.7. The van der Waals surface area contributed by atoms with Crippen LogP contribution in [-0.2, 0) is 16.3 Å². The van der Waals surface area contributed by atoms with Crippen molar-refractivity contribution in [1.82, 2.24) is 19.3 Å². The number of ether oxygens (including phenoxy) is 1. The smallest absolute Gasteiger partial charge is 0.152 e. The summed E-state index contributed by atoms with van der Waals surface area (Å²) in [6.45, 7) is 4.69. The SMILES string of the molecule is Cc1nn(C2CCS(=O)(=O)C2)c(C)c1-n1ccnc1-c1ccc2c(c1)CCO2. The van der Waals surface area contributed by atoms with Crippen LogP contribution in [0.5, 0.6) is 5.75 Å². The minimum absolute atomic E-state index is 0.0958. The van der Waals surface area contributed by atoms with Gasteiger partial charge < -0.3 is 4.74 Å². The van der Waals surface area contributed by atoms with Gasteiger partial charge in [-0.25, -0.2) is 13.4 Å². The summed E-state index contributed by atoms with van der Waals surface area (Å²) in [5.41, 5.74) is 5.03. The van der Waals surface area contributed by atoms with Gasteiger partial charge in [-0.1, -0.05) is 0 Å². The van der Waals surface area contributed by atoms with Crippen LogP contribution in [0.15, 0.2) is 30.6 Å². The quantitative estimate of drug-likeness (QED) is 0.678. The second-order valence-electron chi connectivity index (χ2n) is 7.56. The second kappa shape index (κ2) is 6.20. The molecule has 8 heteroatoms. The number of hydrogen-bond acceptors (Lipinski definition) is 5. The summed E-state index contributed by atoms with van der Waals surface area (Å²) < 4.78 is 33.4. The molecule has 0 aliphatic carbocycles. The maximum absolute atomic E-state index is 11.9. The lowest BCUT2D eigenvalue weighted by Gasteiger charge is -2.13. The molecule has 0 radical (unpaired) electrons. The average Bonchev–Trinajstić information content (AvgIpc) is 3.41. The number of benzene rings is 1. The Bertz CT molecular complexity index is 1180. The normalized spacial score (nSPS) is 20.3. The first-order chi connectivity index (χ1) is 13.4. The topological polar surface area (TPSA) is 79.0 Å². The average molecular weight is 398 g/mol. The van der Waals surface area contributed by atoms with E-state index in [4.69, 9.17) is 4.74 Å². The number of fused-ring (bicyclic) bond motifs is 1. The van der Waals surface area contributed by atoms with E-state index in [1.807, 2.05) is 36.9 Å². The summed E-state index contributed by atoms with van der Waals surface area (Å²) >= 11 is 0. The van der Waals surface area contributed by atoms with Gasteiger partial charge in [0.2, 0.25) is 0 Å². The fourth-order valence-electron chi connectivity index (χ4n) is 4.35. The molecule has 2 aromatic heterocycles. The molecule has 0 bridgehead atoms. The van der Waals surface area contributed by atoms with Crippen LogP contribution in [0.4, 0.5) is 0 Å². The molecule has 1 fully saturated rings. The Balaban J connectivity index is 1.58. The highest BCUT2D eigenvalue weighted by Crippen LogP contribution is 2.33. The molecule has 0 saturated carbocycles. The van der Waals surface area contributed by atoms with Crippen LogP contribution >= 0.6 is 0 Å². The molecule has 0 N–H and O–H groups in total. The Morgan fingerprint density at radius 3 is 2.89 bits per heavy atom. The molecule has 0 amide bonds. The van der Waals surface area contributed by atoms with Crippen molar-refractivity contribution < 1.29 is 13.2 Å². The van der Waals surface area contributed by atoms with Crippen molar-refractivity contribution >= 4 is 9.84 Å². The van der Waals surface area contributed by atoms with Gasteiger partial charge in [0.1, 0.15) is 11.6 Å². The minimum Gasteiger partial charge on any atom is -0.493 e. The first kappa shape index (κ1) is 17.5. The van der Waals surface area contributed by atoms with E-state index in [-0.39, 0.29) is 17.5 Å². The molecule has 3 aromatic rings. The second-order valence-corrected chi connectivity index (χ2v) is 9.79. The number of sulfone groups is 1. The van der Waals surface area contributed by atoms with Crippen LogP contribution in [0.3, 0.4) is 0 Å². The Hall–Kier alpha value is -2.61. The number of rotatable bonds is 3. The highest BCUT2D eigenvalue weighted by Gasteiger charge is 2.32. The van der Waals surface area contributed by atoms with Crippen molar-refractivity contribution in [3.05, 3.63) is 47.5 Å². The van der Waals surface area contributed by atoms with E-state index in [1.165, 1.54) is 5.56 Å². The van der Waals surface area contributed by atoms with E-state index in [2.05, 4.69) is 20.7 Å². The highest BCUT2D eigenvalue weighted by atomic mass is 32.2.